The normalized spacial score (nSPS) is 26.3. The molecule has 0 spiro atoms. The third-order valence-corrected chi connectivity index (χ3v) is 2.07. The predicted octanol–water partition coefficient (Wildman–Crippen LogP) is 1.05. The molecule has 0 aromatic heterocycles. The summed E-state index contributed by atoms with van der Waals surface area (Å²) in [6.07, 6.45) is -0.207. The second-order valence-corrected chi connectivity index (χ2v) is 3.09. The van der Waals surface area contributed by atoms with Crippen LogP contribution >= 0.6 is 0 Å². The Kier molecular flexibility index (Phi) is 5.38. The summed E-state index contributed by atoms with van der Waals surface area (Å²) in [6.45, 7) is 0.740. The molecule has 0 N–H and O–H groups in total. The van der Waals surface area contributed by atoms with E-state index in [4.69, 9.17) is 24.5 Å². The van der Waals surface area contributed by atoms with E-state index in [0.29, 0.717) is 19.6 Å². The van der Waals surface area contributed by atoms with Crippen molar-refractivity contribution in [1.29, 1.82) is 0 Å². The van der Waals surface area contributed by atoms with Gasteiger partial charge < -0.3 is 18.9 Å². The van der Waals surface area contributed by atoms with Gasteiger partial charge >= 0.3 is 0 Å². The minimum Gasteiger partial charge on any atom is -0.356 e. The Bertz CT molecular complexity index is 220. The van der Waals surface area contributed by atoms with Gasteiger partial charge in [-0.25, -0.2) is 0 Å². The minimum atomic E-state index is -0.361. The summed E-state index contributed by atoms with van der Waals surface area (Å²) in [6, 6.07) is -0.241. The summed E-state index contributed by atoms with van der Waals surface area (Å²) < 4.78 is 20.7. The quantitative estimate of drug-likeness (QED) is 0.298. The monoisotopic (exact) mass is 217 g/mol. The van der Waals surface area contributed by atoms with Crippen LogP contribution < -0.4 is 0 Å². The Morgan fingerprint density at radius 1 is 1.40 bits per heavy atom. The molecule has 0 saturated carbocycles. The van der Waals surface area contributed by atoms with Crippen molar-refractivity contribution < 1.29 is 18.9 Å². The molecular weight excluding hydrogens is 202 g/mol. The number of hydrogen-bond donors (Lipinski definition) is 0. The Labute approximate surface area is 87.9 Å². The van der Waals surface area contributed by atoms with Gasteiger partial charge in [0.05, 0.1) is 19.3 Å². The highest BCUT2D eigenvalue weighted by Crippen LogP contribution is 2.14. The van der Waals surface area contributed by atoms with Crippen LogP contribution in [-0.2, 0) is 18.9 Å². The van der Waals surface area contributed by atoms with E-state index < -0.39 is 0 Å². The number of rotatable bonds is 5. The maximum atomic E-state index is 8.21. The van der Waals surface area contributed by atoms with E-state index in [-0.39, 0.29) is 18.6 Å². The van der Waals surface area contributed by atoms with Crippen LogP contribution in [0.25, 0.3) is 10.4 Å². The van der Waals surface area contributed by atoms with E-state index in [1.54, 1.807) is 14.2 Å². The van der Waals surface area contributed by atoms with Crippen molar-refractivity contribution in [2.24, 2.45) is 5.11 Å². The van der Waals surface area contributed by atoms with Gasteiger partial charge in [0, 0.05) is 25.6 Å². The van der Waals surface area contributed by atoms with E-state index in [0.717, 1.165) is 0 Å². The molecule has 1 aliphatic heterocycles. The predicted molar refractivity (Wildman–Crippen MR) is 51.0 cm³/mol. The zero-order chi connectivity index (χ0) is 11.1. The summed E-state index contributed by atoms with van der Waals surface area (Å²) in [5.41, 5.74) is 8.21. The second kappa shape index (κ2) is 6.60. The maximum Gasteiger partial charge on any atom is 0.162 e. The lowest BCUT2D eigenvalue weighted by molar-refractivity contribution is -0.224. The van der Waals surface area contributed by atoms with Gasteiger partial charge in [0.15, 0.2) is 12.6 Å². The van der Waals surface area contributed by atoms with Crippen LogP contribution in [0.3, 0.4) is 0 Å². The molecule has 0 aromatic rings. The molecule has 1 aliphatic rings. The van der Waals surface area contributed by atoms with Crippen LogP contribution in [0.2, 0.25) is 0 Å². The van der Waals surface area contributed by atoms with E-state index in [2.05, 4.69) is 10.0 Å². The number of nitrogens with zero attached hydrogens (tertiary/aromatic N) is 3. The van der Waals surface area contributed by atoms with E-state index >= 15 is 0 Å². The van der Waals surface area contributed by atoms with E-state index in [9.17, 15) is 0 Å². The molecule has 15 heavy (non-hydrogen) atoms. The van der Waals surface area contributed by atoms with Crippen molar-refractivity contribution in [3.8, 4) is 0 Å². The van der Waals surface area contributed by atoms with Gasteiger partial charge in [0.2, 0.25) is 0 Å². The van der Waals surface area contributed by atoms with Gasteiger partial charge in [-0.05, 0) is 5.53 Å². The fraction of sp³-hybridized carbons (Fsp3) is 1.00. The highest BCUT2D eigenvalue weighted by molar-refractivity contribution is 4.70. The first kappa shape index (κ1) is 12.2. The molecule has 0 radical (unpaired) electrons. The average Bonchev–Trinajstić information content (AvgIpc) is 2.28. The second-order valence-electron chi connectivity index (χ2n) is 3.09. The molecule has 7 heteroatoms. The van der Waals surface area contributed by atoms with Gasteiger partial charge in [-0.2, -0.15) is 0 Å². The third kappa shape index (κ3) is 4.03. The molecule has 7 nitrogen and oxygen atoms in total. The molecule has 1 heterocycles. The largest absolute Gasteiger partial charge is 0.356 e. The fourth-order valence-corrected chi connectivity index (χ4v) is 1.25. The van der Waals surface area contributed by atoms with Crippen LogP contribution in [0.4, 0.5) is 0 Å². The minimum absolute atomic E-state index is 0.241. The highest BCUT2D eigenvalue weighted by atomic mass is 16.7. The number of methoxy groups -OCH3 is 2. The smallest absolute Gasteiger partial charge is 0.162 e. The lowest BCUT2D eigenvalue weighted by Crippen LogP contribution is -2.37. The van der Waals surface area contributed by atoms with E-state index in [1.165, 1.54) is 0 Å². The van der Waals surface area contributed by atoms with Crippen molar-refractivity contribution in [2.75, 3.05) is 27.4 Å². The van der Waals surface area contributed by atoms with Gasteiger partial charge in [-0.15, -0.1) is 0 Å². The number of hydrogen-bond acceptors (Lipinski definition) is 5. The average molecular weight is 217 g/mol. The SMILES string of the molecule is COC(CC1OCC(N=[N+]=[N-])CO1)OC. The Morgan fingerprint density at radius 3 is 2.47 bits per heavy atom. The molecule has 0 aromatic carbocycles. The molecule has 1 rings (SSSR count). The van der Waals surface area contributed by atoms with Crippen molar-refractivity contribution in [3.63, 3.8) is 0 Å². The zero-order valence-electron chi connectivity index (χ0n) is 8.83. The van der Waals surface area contributed by atoms with Crippen LogP contribution in [0.1, 0.15) is 6.42 Å². The summed E-state index contributed by atoms with van der Waals surface area (Å²) >= 11 is 0. The molecule has 0 unspecified atom stereocenters. The third-order valence-electron chi connectivity index (χ3n) is 2.07. The van der Waals surface area contributed by atoms with Gasteiger partial charge in [-0.3, -0.25) is 0 Å². The van der Waals surface area contributed by atoms with Crippen molar-refractivity contribution in [3.05, 3.63) is 10.4 Å². The summed E-state index contributed by atoms with van der Waals surface area (Å²) in [7, 11) is 3.11. The zero-order valence-corrected chi connectivity index (χ0v) is 8.83. The Balaban J connectivity index is 2.27. The molecule has 0 atom stereocenters. The van der Waals surface area contributed by atoms with Gasteiger partial charge in [0.25, 0.3) is 0 Å². The lowest BCUT2D eigenvalue weighted by atomic mass is 10.3. The molecular formula is C8H15N3O4. The van der Waals surface area contributed by atoms with Crippen molar-refractivity contribution >= 4 is 0 Å². The summed E-state index contributed by atoms with van der Waals surface area (Å²) in [5, 5.41) is 3.51. The fourth-order valence-electron chi connectivity index (χ4n) is 1.25. The standard InChI is InChI=1S/C8H15N3O4/c1-12-7(13-2)3-8-14-4-6(5-15-8)10-11-9/h6-8H,3-5H2,1-2H3. The van der Waals surface area contributed by atoms with Crippen molar-refractivity contribution in [1.82, 2.24) is 0 Å². The van der Waals surface area contributed by atoms with Crippen LogP contribution in [-0.4, -0.2) is 46.1 Å². The molecule has 0 amide bonds. The number of azide groups is 1. The molecule has 1 fully saturated rings. The van der Waals surface area contributed by atoms with Gasteiger partial charge in [0.1, 0.15) is 0 Å². The molecule has 0 aliphatic carbocycles. The Morgan fingerprint density at radius 2 is 2.00 bits per heavy atom. The first-order chi connectivity index (χ1) is 7.30. The maximum absolute atomic E-state index is 8.21. The summed E-state index contributed by atoms with van der Waals surface area (Å²) in [5.74, 6) is 0. The lowest BCUT2D eigenvalue weighted by Gasteiger charge is -2.28. The molecule has 0 bridgehead atoms. The Hall–Kier alpha value is -0.850. The first-order valence-corrected chi connectivity index (χ1v) is 4.63. The highest BCUT2D eigenvalue weighted by Gasteiger charge is 2.24. The first-order valence-electron chi connectivity index (χ1n) is 4.63. The topological polar surface area (TPSA) is 85.7 Å². The van der Waals surface area contributed by atoms with Crippen LogP contribution in [0, 0.1) is 0 Å². The van der Waals surface area contributed by atoms with Crippen LogP contribution in [0.5, 0.6) is 0 Å². The van der Waals surface area contributed by atoms with Gasteiger partial charge in [-0.1, -0.05) is 5.11 Å². The summed E-state index contributed by atoms with van der Waals surface area (Å²) in [4.78, 5) is 2.69. The number of ether oxygens (including phenoxy) is 4. The molecule has 86 valence electrons. The molecule has 1 saturated heterocycles. The van der Waals surface area contributed by atoms with E-state index in [1.807, 2.05) is 0 Å². The van der Waals surface area contributed by atoms with Crippen molar-refractivity contribution in [2.45, 2.75) is 25.0 Å². The van der Waals surface area contributed by atoms with Crippen LogP contribution in [0.15, 0.2) is 5.11 Å².